The van der Waals surface area contributed by atoms with E-state index >= 15 is 0 Å². The zero-order valence-corrected chi connectivity index (χ0v) is 16.5. The average Bonchev–Trinajstić information content (AvgIpc) is 3.32. The lowest BCUT2D eigenvalue weighted by molar-refractivity contribution is -0.129. The van der Waals surface area contributed by atoms with E-state index < -0.39 is 6.10 Å². The summed E-state index contributed by atoms with van der Waals surface area (Å²) in [6.45, 7) is 0.722. The molecule has 0 radical (unpaired) electrons. The van der Waals surface area contributed by atoms with Crippen molar-refractivity contribution in [3.63, 3.8) is 0 Å². The number of hydrogen-bond donors (Lipinski definition) is 2. The number of fused-ring (bicyclic) bond motifs is 2. The maximum absolute atomic E-state index is 12.8. The van der Waals surface area contributed by atoms with Crippen LogP contribution in [-0.2, 0) is 30.5 Å². The summed E-state index contributed by atoms with van der Waals surface area (Å²) in [7, 11) is 0. The van der Waals surface area contributed by atoms with Gasteiger partial charge in [-0.1, -0.05) is 0 Å². The number of carbonyl (C=O) groups excluding carboxylic acids is 1. The Morgan fingerprint density at radius 3 is 2.90 bits per heavy atom. The van der Waals surface area contributed by atoms with Crippen molar-refractivity contribution >= 4 is 11.7 Å². The minimum atomic E-state index is -0.609. The highest BCUT2D eigenvalue weighted by Gasteiger charge is 2.34. The number of rotatable bonds is 4. The van der Waals surface area contributed by atoms with Crippen molar-refractivity contribution in [3.05, 3.63) is 51.7 Å². The van der Waals surface area contributed by atoms with E-state index in [0.29, 0.717) is 24.6 Å². The lowest BCUT2D eigenvalue weighted by atomic mass is 9.97. The molecular formula is C20H23N7O3. The Bertz CT molecular complexity index is 1140. The van der Waals surface area contributed by atoms with Crippen molar-refractivity contribution in [2.24, 2.45) is 5.92 Å². The molecule has 4 heterocycles. The second-order valence-corrected chi connectivity index (χ2v) is 8.06. The molecule has 1 saturated heterocycles. The molecule has 2 atom stereocenters. The molecule has 0 spiro atoms. The van der Waals surface area contributed by atoms with Crippen LogP contribution in [0.25, 0.3) is 5.78 Å². The summed E-state index contributed by atoms with van der Waals surface area (Å²) in [6.07, 6.45) is 8.42. The van der Waals surface area contributed by atoms with Gasteiger partial charge in [0.1, 0.15) is 5.82 Å². The standard InChI is InChI=1S/C20H23N7O3/c28-16-11-26(10-12(16)7-13-9-21-5-6-22-13)18(29)8-17-24-20-23-15-4-2-1-3-14(15)19(30)27(20)25-17/h5-6,9,12,16,28H,1-4,7-8,10-11H2,(H,23,24,25)/t12-,16-/m1/s1. The van der Waals surface area contributed by atoms with E-state index in [9.17, 15) is 14.7 Å². The number of carbonyl (C=O) groups is 1. The maximum Gasteiger partial charge on any atom is 0.277 e. The van der Waals surface area contributed by atoms with Crippen molar-refractivity contribution in [3.8, 4) is 0 Å². The van der Waals surface area contributed by atoms with E-state index in [1.165, 1.54) is 4.52 Å². The molecule has 3 aromatic heterocycles. The predicted molar refractivity (Wildman–Crippen MR) is 106 cm³/mol. The van der Waals surface area contributed by atoms with Crippen LogP contribution in [0.2, 0.25) is 0 Å². The molecule has 1 amide bonds. The second kappa shape index (κ2) is 7.60. The van der Waals surface area contributed by atoms with Crippen molar-refractivity contribution in [2.75, 3.05) is 13.1 Å². The first-order valence-corrected chi connectivity index (χ1v) is 10.3. The van der Waals surface area contributed by atoms with Gasteiger partial charge in [-0.2, -0.15) is 9.50 Å². The Morgan fingerprint density at radius 1 is 1.20 bits per heavy atom. The molecule has 0 bridgehead atoms. The van der Waals surface area contributed by atoms with Gasteiger partial charge in [0.15, 0.2) is 0 Å². The van der Waals surface area contributed by atoms with Crippen LogP contribution in [0.15, 0.2) is 23.4 Å². The minimum absolute atomic E-state index is 0.0258. The third kappa shape index (κ3) is 3.47. The van der Waals surface area contributed by atoms with E-state index in [4.69, 9.17) is 0 Å². The number of aromatic amines is 1. The molecule has 0 saturated carbocycles. The van der Waals surface area contributed by atoms with Crippen molar-refractivity contribution < 1.29 is 9.90 Å². The molecule has 5 rings (SSSR count). The summed E-state index contributed by atoms with van der Waals surface area (Å²) >= 11 is 0. The fourth-order valence-electron chi connectivity index (χ4n) is 4.39. The second-order valence-electron chi connectivity index (χ2n) is 8.06. The highest BCUT2D eigenvalue weighted by atomic mass is 16.3. The highest BCUT2D eigenvalue weighted by Crippen LogP contribution is 2.21. The molecular weight excluding hydrogens is 386 g/mol. The number of hydrogen-bond acceptors (Lipinski definition) is 7. The topological polar surface area (TPSA) is 129 Å². The van der Waals surface area contributed by atoms with Crippen molar-refractivity contribution in [2.45, 2.75) is 44.6 Å². The average molecular weight is 409 g/mol. The SMILES string of the molecule is O=C(Cc1nc2nc3c(c(=O)n2[nH]1)CCCC3)N1C[C@@H](Cc2cnccn2)[C@H](O)C1. The molecule has 30 heavy (non-hydrogen) atoms. The van der Waals surface area contributed by atoms with E-state index in [1.54, 1.807) is 23.5 Å². The van der Waals surface area contributed by atoms with Crippen LogP contribution in [0.4, 0.5) is 0 Å². The summed E-state index contributed by atoms with van der Waals surface area (Å²) in [5, 5.41) is 13.3. The Morgan fingerprint density at radius 2 is 2.07 bits per heavy atom. The molecule has 0 aromatic carbocycles. The van der Waals surface area contributed by atoms with Crippen molar-refractivity contribution in [1.29, 1.82) is 0 Å². The summed E-state index contributed by atoms with van der Waals surface area (Å²) in [6, 6.07) is 0. The van der Waals surface area contributed by atoms with Crippen LogP contribution in [0.3, 0.4) is 0 Å². The molecule has 0 unspecified atom stereocenters. The number of aryl methyl sites for hydroxylation is 1. The van der Waals surface area contributed by atoms with Gasteiger partial charge >= 0.3 is 0 Å². The van der Waals surface area contributed by atoms with Crippen LogP contribution >= 0.6 is 0 Å². The zero-order valence-electron chi connectivity index (χ0n) is 16.5. The van der Waals surface area contributed by atoms with Gasteiger partial charge in [-0.15, -0.1) is 0 Å². The Hall–Kier alpha value is -3.14. The third-order valence-electron chi connectivity index (χ3n) is 5.98. The highest BCUT2D eigenvalue weighted by molar-refractivity contribution is 5.78. The number of amides is 1. The first-order valence-electron chi connectivity index (χ1n) is 10.3. The zero-order chi connectivity index (χ0) is 20.7. The van der Waals surface area contributed by atoms with Gasteiger partial charge in [-0.05, 0) is 32.1 Å². The van der Waals surface area contributed by atoms with Gasteiger partial charge in [0.05, 0.1) is 23.9 Å². The third-order valence-corrected chi connectivity index (χ3v) is 5.98. The fourth-order valence-corrected chi connectivity index (χ4v) is 4.39. The van der Waals surface area contributed by atoms with E-state index in [0.717, 1.165) is 42.6 Å². The molecule has 2 aliphatic rings. The van der Waals surface area contributed by atoms with Gasteiger partial charge in [-0.25, -0.2) is 4.98 Å². The first kappa shape index (κ1) is 18.9. The number of nitrogens with one attached hydrogen (secondary N) is 1. The van der Waals surface area contributed by atoms with Gasteiger partial charge in [0.2, 0.25) is 5.91 Å². The molecule has 156 valence electrons. The maximum atomic E-state index is 12.8. The van der Waals surface area contributed by atoms with Gasteiger partial charge < -0.3 is 10.0 Å². The molecule has 1 aliphatic heterocycles. The molecule has 10 heteroatoms. The molecule has 1 aliphatic carbocycles. The van der Waals surface area contributed by atoms with Crippen LogP contribution in [0, 0.1) is 5.92 Å². The number of H-pyrrole nitrogens is 1. The first-order chi connectivity index (χ1) is 14.6. The molecule has 1 fully saturated rings. The number of aliphatic hydroxyl groups excluding tert-OH is 1. The Balaban J connectivity index is 1.30. The lowest BCUT2D eigenvalue weighted by Gasteiger charge is -2.15. The molecule has 10 nitrogen and oxygen atoms in total. The molecule has 2 N–H and O–H groups in total. The fraction of sp³-hybridized carbons (Fsp3) is 0.500. The number of aromatic nitrogens is 6. The van der Waals surface area contributed by atoms with Gasteiger partial charge in [0.25, 0.3) is 11.3 Å². The van der Waals surface area contributed by atoms with E-state index in [2.05, 4.69) is 25.0 Å². The number of likely N-dealkylation sites (tertiary alicyclic amines) is 1. The van der Waals surface area contributed by atoms with E-state index in [1.807, 2.05) is 0 Å². The summed E-state index contributed by atoms with van der Waals surface area (Å²) in [5.74, 6) is 0.481. The number of nitrogens with zero attached hydrogens (tertiary/aromatic N) is 6. The van der Waals surface area contributed by atoms with Gasteiger partial charge in [-0.3, -0.25) is 24.7 Å². The monoisotopic (exact) mass is 409 g/mol. The normalized spacial score (nSPS) is 21.2. The quantitative estimate of drug-likeness (QED) is 0.605. The van der Waals surface area contributed by atoms with Crippen LogP contribution in [0.1, 0.15) is 35.6 Å². The predicted octanol–water partition coefficient (Wildman–Crippen LogP) is -0.309. The Kier molecular flexibility index (Phi) is 4.78. The van der Waals surface area contributed by atoms with E-state index in [-0.39, 0.29) is 30.3 Å². The lowest BCUT2D eigenvalue weighted by Crippen LogP contribution is -2.31. The smallest absolute Gasteiger partial charge is 0.277 e. The van der Waals surface area contributed by atoms with Crippen LogP contribution in [0.5, 0.6) is 0 Å². The number of aliphatic hydroxyl groups is 1. The molecule has 3 aromatic rings. The summed E-state index contributed by atoms with van der Waals surface area (Å²) in [4.78, 5) is 44.3. The summed E-state index contributed by atoms with van der Waals surface area (Å²) < 4.78 is 1.34. The minimum Gasteiger partial charge on any atom is -0.391 e. The van der Waals surface area contributed by atoms with Gasteiger partial charge in [0, 0.05) is 43.2 Å². The van der Waals surface area contributed by atoms with Crippen molar-refractivity contribution in [1.82, 2.24) is 34.4 Å². The van der Waals surface area contributed by atoms with Crippen LogP contribution < -0.4 is 5.56 Å². The number of β-amino-alcohol motifs (C(OH)–C–C–N with tert-alkyl or cyclic N) is 1. The largest absolute Gasteiger partial charge is 0.391 e. The summed E-state index contributed by atoms with van der Waals surface area (Å²) in [5.41, 5.74) is 2.24. The Labute approximate surface area is 172 Å². The van der Waals surface area contributed by atoms with Crippen LogP contribution in [-0.4, -0.2) is 64.7 Å².